The number of nitrogens with zero attached hydrogens (tertiary/aromatic N) is 4. The molecule has 4 heterocycles. The Bertz CT molecular complexity index is 743. The van der Waals surface area contributed by atoms with Crippen LogP contribution in [0.5, 0.6) is 0 Å². The molecular formula is C17H21N5O2. The minimum Gasteiger partial charge on any atom is -0.367 e. The van der Waals surface area contributed by atoms with Gasteiger partial charge in [-0.15, -0.1) is 0 Å². The number of aryl methyl sites for hydroxylation is 1. The predicted octanol–water partition coefficient (Wildman–Crippen LogP) is 1.49. The van der Waals surface area contributed by atoms with E-state index in [2.05, 4.69) is 10.1 Å². The van der Waals surface area contributed by atoms with Crippen molar-refractivity contribution in [3.05, 3.63) is 41.5 Å². The van der Waals surface area contributed by atoms with Gasteiger partial charge >= 0.3 is 0 Å². The van der Waals surface area contributed by atoms with Crippen molar-refractivity contribution in [1.29, 1.82) is 0 Å². The summed E-state index contributed by atoms with van der Waals surface area (Å²) in [6.45, 7) is 3.47. The predicted molar refractivity (Wildman–Crippen MR) is 87.5 cm³/mol. The Morgan fingerprint density at radius 3 is 2.54 bits per heavy atom. The monoisotopic (exact) mass is 327 g/mol. The molecule has 24 heavy (non-hydrogen) atoms. The summed E-state index contributed by atoms with van der Waals surface area (Å²) in [6.07, 6.45) is 8.08. The molecule has 1 N–H and O–H groups in total. The van der Waals surface area contributed by atoms with E-state index in [0.717, 1.165) is 44.6 Å². The van der Waals surface area contributed by atoms with Gasteiger partial charge in [0, 0.05) is 38.6 Å². The van der Waals surface area contributed by atoms with Crippen LogP contribution in [0, 0.1) is 0 Å². The van der Waals surface area contributed by atoms with E-state index in [1.807, 2.05) is 14.5 Å². The van der Waals surface area contributed by atoms with Crippen molar-refractivity contribution in [2.24, 2.45) is 0 Å². The number of likely N-dealkylation sites (tertiary alicyclic amines) is 1. The number of rotatable bonds is 2. The molecule has 2 aromatic rings. The highest BCUT2D eigenvalue weighted by molar-refractivity contribution is 5.96. The van der Waals surface area contributed by atoms with Crippen LogP contribution in [0.15, 0.2) is 24.7 Å². The Kier molecular flexibility index (Phi) is 3.84. The zero-order valence-corrected chi connectivity index (χ0v) is 13.6. The number of hydrogen-bond donors (Lipinski definition) is 1. The van der Waals surface area contributed by atoms with Crippen LogP contribution in [0.4, 0.5) is 0 Å². The number of hydrogen-bond acceptors (Lipinski definition) is 3. The summed E-state index contributed by atoms with van der Waals surface area (Å²) in [4.78, 5) is 32.0. The van der Waals surface area contributed by atoms with Gasteiger partial charge in [-0.05, 0) is 25.3 Å². The lowest BCUT2D eigenvalue weighted by Gasteiger charge is -2.21. The number of carbonyl (C=O) groups is 2. The van der Waals surface area contributed by atoms with Crippen molar-refractivity contribution >= 4 is 11.8 Å². The first kappa shape index (κ1) is 15.0. The highest BCUT2D eigenvalue weighted by Gasteiger charge is 2.28. The molecule has 1 fully saturated rings. The minimum atomic E-state index is -0.00882. The molecular weight excluding hydrogens is 306 g/mol. The lowest BCUT2D eigenvalue weighted by molar-refractivity contribution is 0.0735. The first-order valence-corrected chi connectivity index (χ1v) is 8.50. The molecule has 0 aliphatic carbocycles. The van der Waals surface area contributed by atoms with Gasteiger partial charge < -0.3 is 14.8 Å². The third-order valence-electron chi connectivity index (χ3n) is 4.84. The summed E-state index contributed by atoms with van der Waals surface area (Å²) in [5, 5.41) is 4.39. The van der Waals surface area contributed by atoms with Crippen LogP contribution in [-0.2, 0) is 13.1 Å². The van der Waals surface area contributed by atoms with Gasteiger partial charge in [0.05, 0.1) is 29.6 Å². The van der Waals surface area contributed by atoms with Crippen LogP contribution in [-0.4, -0.2) is 56.0 Å². The van der Waals surface area contributed by atoms with Gasteiger partial charge in [-0.2, -0.15) is 5.10 Å². The number of carbonyl (C=O) groups excluding carboxylic acids is 2. The van der Waals surface area contributed by atoms with Crippen LogP contribution in [0.2, 0.25) is 0 Å². The van der Waals surface area contributed by atoms with E-state index < -0.39 is 0 Å². The molecule has 7 nitrogen and oxygen atoms in total. The van der Waals surface area contributed by atoms with Gasteiger partial charge in [-0.25, -0.2) is 0 Å². The summed E-state index contributed by atoms with van der Waals surface area (Å²) in [6, 6.07) is 1.78. The molecule has 0 saturated carbocycles. The van der Waals surface area contributed by atoms with Gasteiger partial charge in [-0.3, -0.25) is 14.3 Å². The highest BCUT2D eigenvalue weighted by Crippen LogP contribution is 2.21. The molecule has 0 bridgehead atoms. The van der Waals surface area contributed by atoms with Crippen molar-refractivity contribution in [3.63, 3.8) is 0 Å². The van der Waals surface area contributed by atoms with Gasteiger partial charge in [0.25, 0.3) is 11.8 Å². The van der Waals surface area contributed by atoms with E-state index in [1.165, 1.54) is 0 Å². The third-order valence-corrected chi connectivity index (χ3v) is 4.84. The number of nitrogens with one attached hydrogen (secondary N) is 1. The van der Waals surface area contributed by atoms with E-state index in [0.29, 0.717) is 24.2 Å². The molecule has 0 aromatic carbocycles. The molecule has 2 aromatic heterocycles. The van der Waals surface area contributed by atoms with Crippen LogP contribution >= 0.6 is 0 Å². The molecule has 0 spiro atoms. The molecule has 0 radical (unpaired) electrons. The SMILES string of the molecule is O=C(c1cc[nH]c1)N1CCCn2ncc(C(=O)N3CCCC3)c2C1. The maximum Gasteiger partial charge on any atom is 0.257 e. The van der Waals surface area contributed by atoms with E-state index in [-0.39, 0.29) is 11.8 Å². The van der Waals surface area contributed by atoms with Gasteiger partial charge in [-0.1, -0.05) is 0 Å². The fraction of sp³-hybridized carbons (Fsp3) is 0.471. The number of aromatic amines is 1. The summed E-state index contributed by atoms with van der Waals surface area (Å²) in [5.41, 5.74) is 2.15. The molecule has 2 aliphatic rings. The Morgan fingerprint density at radius 1 is 1.00 bits per heavy atom. The second-order valence-electron chi connectivity index (χ2n) is 6.41. The first-order valence-electron chi connectivity index (χ1n) is 8.50. The Labute approximate surface area is 140 Å². The molecule has 2 amide bonds. The second kappa shape index (κ2) is 6.14. The standard InChI is InChI=1S/C17H21N5O2/c23-16(13-4-5-18-10-13)21-8-3-9-22-15(12-21)14(11-19-22)17(24)20-6-1-2-7-20/h4-5,10-11,18H,1-3,6-9,12H2. The summed E-state index contributed by atoms with van der Waals surface area (Å²) >= 11 is 0. The van der Waals surface area contributed by atoms with Gasteiger partial charge in [0.2, 0.25) is 0 Å². The van der Waals surface area contributed by atoms with Crippen LogP contribution in [0.1, 0.15) is 45.7 Å². The topological polar surface area (TPSA) is 74.2 Å². The lowest BCUT2D eigenvalue weighted by Crippen LogP contribution is -2.32. The largest absolute Gasteiger partial charge is 0.367 e. The number of aromatic nitrogens is 3. The summed E-state index contributed by atoms with van der Waals surface area (Å²) in [5.74, 6) is 0.0372. The normalized spacial score (nSPS) is 17.7. The Hall–Kier alpha value is -2.57. The van der Waals surface area contributed by atoms with E-state index in [4.69, 9.17) is 0 Å². The molecule has 4 rings (SSSR count). The fourth-order valence-electron chi connectivity index (χ4n) is 3.52. The molecule has 126 valence electrons. The Balaban J connectivity index is 1.60. The maximum atomic E-state index is 12.8. The molecule has 1 saturated heterocycles. The maximum absolute atomic E-state index is 12.8. The van der Waals surface area contributed by atoms with Crippen molar-refractivity contribution in [1.82, 2.24) is 24.6 Å². The highest BCUT2D eigenvalue weighted by atomic mass is 16.2. The Morgan fingerprint density at radius 2 is 1.79 bits per heavy atom. The zero-order valence-electron chi connectivity index (χ0n) is 13.6. The number of fused-ring (bicyclic) bond motifs is 1. The quantitative estimate of drug-likeness (QED) is 0.908. The third kappa shape index (κ3) is 2.60. The summed E-state index contributed by atoms with van der Waals surface area (Å²) < 4.78 is 1.88. The average molecular weight is 327 g/mol. The van der Waals surface area contributed by atoms with E-state index in [1.54, 1.807) is 24.7 Å². The van der Waals surface area contributed by atoms with Crippen molar-refractivity contribution in [2.45, 2.75) is 32.4 Å². The average Bonchev–Trinajstić information content (AvgIpc) is 3.33. The number of amides is 2. The van der Waals surface area contributed by atoms with Gasteiger partial charge in [0.15, 0.2) is 0 Å². The summed E-state index contributed by atoms with van der Waals surface area (Å²) in [7, 11) is 0. The smallest absolute Gasteiger partial charge is 0.257 e. The molecule has 0 atom stereocenters. The van der Waals surface area contributed by atoms with Crippen LogP contribution in [0.3, 0.4) is 0 Å². The second-order valence-corrected chi connectivity index (χ2v) is 6.41. The minimum absolute atomic E-state index is 0.00882. The zero-order chi connectivity index (χ0) is 16.5. The van der Waals surface area contributed by atoms with Crippen molar-refractivity contribution < 1.29 is 9.59 Å². The molecule has 2 aliphatic heterocycles. The fourth-order valence-corrected chi connectivity index (χ4v) is 3.52. The van der Waals surface area contributed by atoms with Crippen molar-refractivity contribution in [2.75, 3.05) is 19.6 Å². The van der Waals surface area contributed by atoms with Crippen molar-refractivity contribution in [3.8, 4) is 0 Å². The van der Waals surface area contributed by atoms with Gasteiger partial charge in [0.1, 0.15) is 0 Å². The van der Waals surface area contributed by atoms with E-state index in [9.17, 15) is 9.59 Å². The van der Waals surface area contributed by atoms with Crippen LogP contribution in [0.25, 0.3) is 0 Å². The number of H-pyrrole nitrogens is 1. The van der Waals surface area contributed by atoms with Crippen LogP contribution < -0.4 is 0 Å². The molecule has 0 unspecified atom stereocenters. The van der Waals surface area contributed by atoms with E-state index >= 15 is 0 Å². The first-order chi connectivity index (χ1) is 11.7. The molecule has 7 heteroatoms. The lowest BCUT2D eigenvalue weighted by atomic mass is 10.2.